The van der Waals surface area contributed by atoms with Gasteiger partial charge in [0.2, 0.25) is 5.82 Å². The molecule has 0 saturated heterocycles. The first-order valence-corrected chi connectivity index (χ1v) is 9.93. The van der Waals surface area contributed by atoms with E-state index in [1.165, 1.54) is 12.5 Å². The number of amides is 2. The summed E-state index contributed by atoms with van der Waals surface area (Å²) in [6.45, 7) is 0.0385. The molecular formula is C22H23FN4O2. The van der Waals surface area contributed by atoms with Gasteiger partial charge in [-0.05, 0) is 31.0 Å². The zero-order valence-electron chi connectivity index (χ0n) is 16.0. The highest BCUT2D eigenvalue weighted by Gasteiger charge is 2.24. The topological polar surface area (TPSA) is 75.5 Å². The Balaban J connectivity index is 1.55. The van der Waals surface area contributed by atoms with Crippen LogP contribution in [0, 0.1) is 5.82 Å². The molecule has 0 aliphatic heterocycles. The Bertz CT molecular complexity index is 1040. The molecule has 1 aliphatic rings. The maximum absolute atomic E-state index is 13.8. The molecule has 0 atom stereocenters. The molecule has 2 amide bonds. The van der Waals surface area contributed by atoms with Crippen LogP contribution in [-0.2, 0) is 6.54 Å². The van der Waals surface area contributed by atoms with Gasteiger partial charge in [-0.25, -0.2) is 9.37 Å². The van der Waals surface area contributed by atoms with Crippen LogP contribution in [0.25, 0.3) is 5.52 Å². The third-order valence-corrected chi connectivity index (χ3v) is 5.30. The van der Waals surface area contributed by atoms with E-state index in [4.69, 9.17) is 0 Å². The minimum Gasteiger partial charge on any atom is -0.348 e. The van der Waals surface area contributed by atoms with Crippen molar-refractivity contribution in [3.8, 4) is 0 Å². The van der Waals surface area contributed by atoms with Gasteiger partial charge in [-0.1, -0.05) is 43.5 Å². The van der Waals surface area contributed by atoms with Gasteiger partial charge in [0, 0.05) is 24.3 Å². The number of halogens is 1. The number of hydrogen-bond acceptors (Lipinski definition) is 3. The summed E-state index contributed by atoms with van der Waals surface area (Å²) in [7, 11) is 0. The molecular weight excluding hydrogens is 371 g/mol. The highest BCUT2D eigenvalue weighted by atomic mass is 19.1. The van der Waals surface area contributed by atoms with E-state index in [9.17, 15) is 14.0 Å². The number of rotatable bonds is 5. The van der Waals surface area contributed by atoms with Crippen molar-refractivity contribution in [3.05, 3.63) is 71.6 Å². The fourth-order valence-electron chi connectivity index (χ4n) is 3.76. The molecule has 3 aromatic rings. The second kappa shape index (κ2) is 8.43. The third-order valence-electron chi connectivity index (χ3n) is 5.30. The SMILES string of the molecule is O=C(NC1CCCCC1)c1nc(C(=O)NCc2ccccc2F)n2ccccc12. The number of pyridine rings is 1. The molecule has 1 fully saturated rings. The number of carbonyl (C=O) groups excluding carboxylic acids is 2. The molecule has 1 aromatic carbocycles. The number of imidazole rings is 1. The maximum atomic E-state index is 13.8. The Hall–Kier alpha value is -3.22. The smallest absolute Gasteiger partial charge is 0.287 e. The molecule has 2 heterocycles. The second-order valence-electron chi connectivity index (χ2n) is 7.32. The molecule has 0 radical (unpaired) electrons. The maximum Gasteiger partial charge on any atom is 0.287 e. The van der Waals surface area contributed by atoms with Crippen molar-refractivity contribution in [2.45, 2.75) is 44.7 Å². The monoisotopic (exact) mass is 394 g/mol. The van der Waals surface area contributed by atoms with Crippen LogP contribution in [0.15, 0.2) is 48.7 Å². The summed E-state index contributed by atoms with van der Waals surface area (Å²) in [4.78, 5) is 29.9. The number of aromatic nitrogens is 2. The molecule has 4 rings (SSSR count). The number of nitrogens with zero attached hydrogens (tertiary/aromatic N) is 2. The minimum absolute atomic E-state index is 0.0385. The van der Waals surface area contributed by atoms with Gasteiger partial charge >= 0.3 is 0 Å². The van der Waals surface area contributed by atoms with E-state index in [0.717, 1.165) is 25.7 Å². The van der Waals surface area contributed by atoms with Gasteiger partial charge in [0.15, 0.2) is 5.69 Å². The summed E-state index contributed by atoms with van der Waals surface area (Å²) in [6, 6.07) is 11.7. The van der Waals surface area contributed by atoms with Crippen LogP contribution in [0.4, 0.5) is 4.39 Å². The highest BCUT2D eigenvalue weighted by Crippen LogP contribution is 2.19. The number of carbonyl (C=O) groups is 2. The van der Waals surface area contributed by atoms with Crippen molar-refractivity contribution >= 4 is 17.3 Å². The summed E-state index contributed by atoms with van der Waals surface area (Å²) < 4.78 is 15.4. The fraction of sp³-hybridized carbons (Fsp3) is 0.318. The van der Waals surface area contributed by atoms with Crippen LogP contribution in [0.3, 0.4) is 0 Å². The summed E-state index contributed by atoms with van der Waals surface area (Å²) in [5.41, 5.74) is 1.18. The predicted octanol–water partition coefficient (Wildman–Crippen LogP) is 3.47. The standard InChI is InChI=1S/C22H23FN4O2/c23-17-11-5-4-8-15(17)14-24-22(29)20-26-19(18-12-6-7-13-27(18)20)21(28)25-16-9-2-1-3-10-16/h4-8,11-13,16H,1-3,9-10,14H2,(H,24,29)(H,25,28). The van der Waals surface area contributed by atoms with Crippen LogP contribution >= 0.6 is 0 Å². The van der Waals surface area contributed by atoms with Gasteiger partial charge in [0.05, 0.1) is 5.52 Å². The zero-order valence-corrected chi connectivity index (χ0v) is 16.0. The van der Waals surface area contributed by atoms with E-state index in [2.05, 4.69) is 15.6 Å². The molecule has 6 nitrogen and oxygen atoms in total. The molecule has 2 aromatic heterocycles. The Labute approximate surface area is 168 Å². The van der Waals surface area contributed by atoms with Crippen LogP contribution < -0.4 is 10.6 Å². The van der Waals surface area contributed by atoms with Crippen LogP contribution in [0.5, 0.6) is 0 Å². The van der Waals surface area contributed by atoms with Gasteiger partial charge in [0.25, 0.3) is 11.8 Å². The summed E-state index contributed by atoms with van der Waals surface area (Å²) in [5.74, 6) is -1.01. The Morgan fingerprint density at radius 3 is 2.59 bits per heavy atom. The van der Waals surface area contributed by atoms with Gasteiger partial charge in [-0.2, -0.15) is 0 Å². The number of hydrogen-bond donors (Lipinski definition) is 2. The largest absolute Gasteiger partial charge is 0.348 e. The number of benzene rings is 1. The first kappa shape index (κ1) is 19.1. The Morgan fingerprint density at radius 2 is 1.79 bits per heavy atom. The predicted molar refractivity (Wildman–Crippen MR) is 107 cm³/mol. The van der Waals surface area contributed by atoms with E-state index < -0.39 is 5.91 Å². The average Bonchev–Trinajstić information content (AvgIpc) is 3.14. The van der Waals surface area contributed by atoms with Crippen LogP contribution in [0.1, 0.15) is 58.8 Å². The molecule has 0 unspecified atom stereocenters. The van der Waals surface area contributed by atoms with Crippen LogP contribution in [-0.4, -0.2) is 27.2 Å². The molecule has 1 saturated carbocycles. The van der Waals surface area contributed by atoms with Gasteiger partial charge in [-0.15, -0.1) is 0 Å². The number of nitrogens with one attached hydrogen (secondary N) is 2. The number of fused-ring (bicyclic) bond motifs is 1. The highest BCUT2D eigenvalue weighted by molar-refractivity contribution is 6.02. The lowest BCUT2D eigenvalue weighted by Gasteiger charge is -2.22. The van der Waals surface area contributed by atoms with Crippen molar-refractivity contribution in [1.29, 1.82) is 0 Å². The quantitative estimate of drug-likeness (QED) is 0.696. The van der Waals surface area contributed by atoms with E-state index in [-0.39, 0.29) is 35.8 Å². The third kappa shape index (κ3) is 4.13. The average molecular weight is 394 g/mol. The molecule has 0 spiro atoms. The lowest BCUT2D eigenvalue weighted by atomic mass is 9.95. The lowest BCUT2D eigenvalue weighted by molar-refractivity contribution is 0.0925. The summed E-state index contributed by atoms with van der Waals surface area (Å²) in [5, 5.41) is 5.74. The molecule has 150 valence electrons. The molecule has 29 heavy (non-hydrogen) atoms. The van der Waals surface area contributed by atoms with Crippen molar-refractivity contribution in [3.63, 3.8) is 0 Å². The lowest BCUT2D eigenvalue weighted by Crippen LogP contribution is -2.36. The molecule has 2 N–H and O–H groups in total. The molecule has 0 bridgehead atoms. The van der Waals surface area contributed by atoms with Crippen molar-refractivity contribution in [1.82, 2.24) is 20.0 Å². The molecule has 7 heteroatoms. The van der Waals surface area contributed by atoms with Crippen molar-refractivity contribution in [2.24, 2.45) is 0 Å². The van der Waals surface area contributed by atoms with Gasteiger partial charge < -0.3 is 10.6 Å². The summed E-state index contributed by atoms with van der Waals surface area (Å²) >= 11 is 0. The summed E-state index contributed by atoms with van der Waals surface area (Å²) in [6.07, 6.45) is 7.04. The van der Waals surface area contributed by atoms with E-state index in [0.29, 0.717) is 11.1 Å². The molecule has 1 aliphatic carbocycles. The first-order chi connectivity index (χ1) is 14.1. The zero-order chi connectivity index (χ0) is 20.2. The van der Waals surface area contributed by atoms with E-state index in [1.807, 2.05) is 0 Å². The van der Waals surface area contributed by atoms with E-state index in [1.54, 1.807) is 47.0 Å². The fourth-order valence-corrected chi connectivity index (χ4v) is 3.76. The Morgan fingerprint density at radius 1 is 1.03 bits per heavy atom. The Kier molecular flexibility index (Phi) is 5.55. The first-order valence-electron chi connectivity index (χ1n) is 9.93. The van der Waals surface area contributed by atoms with E-state index >= 15 is 0 Å². The minimum atomic E-state index is -0.467. The normalized spacial score (nSPS) is 14.7. The van der Waals surface area contributed by atoms with Crippen molar-refractivity contribution in [2.75, 3.05) is 0 Å². The second-order valence-corrected chi connectivity index (χ2v) is 7.32. The van der Waals surface area contributed by atoms with Crippen LogP contribution in [0.2, 0.25) is 0 Å². The van der Waals surface area contributed by atoms with Crippen molar-refractivity contribution < 1.29 is 14.0 Å². The van der Waals surface area contributed by atoms with Gasteiger partial charge in [0.1, 0.15) is 5.82 Å². The van der Waals surface area contributed by atoms with Gasteiger partial charge in [-0.3, -0.25) is 14.0 Å².